The molecular weight excluding hydrogens is 262 g/mol. The minimum Gasteiger partial charge on any atom is -0.395 e. The average molecular weight is 280 g/mol. The molecule has 0 aromatic heterocycles. The highest BCUT2D eigenvalue weighted by molar-refractivity contribution is 7.80. The highest BCUT2D eigenvalue weighted by Crippen LogP contribution is 2.40. The summed E-state index contributed by atoms with van der Waals surface area (Å²) in [6.07, 6.45) is -0.000933. The molecule has 3 N–H and O–H groups in total. The van der Waals surface area contributed by atoms with E-state index in [2.05, 4.69) is 0 Å². The van der Waals surface area contributed by atoms with E-state index in [0.717, 1.165) is 17.7 Å². The molecule has 1 aliphatic rings. The number of rotatable bonds is 6. The summed E-state index contributed by atoms with van der Waals surface area (Å²) < 4.78 is 24.9. The van der Waals surface area contributed by atoms with Crippen molar-refractivity contribution in [1.29, 1.82) is 0 Å². The van der Waals surface area contributed by atoms with Gasteiger partial charge in [0.05, 0.1) is 23.6 Å². The number of nitrogens with zero attached hydrogens (tertiary/aromatic N) is 1. The first-order valence-corrected chi connectivity index (χ1v) is 6.33. The predicted molar refractivity (Wildman–Crippen MR) is 67.4 cm³/mol. The van der Waals surface area contributed by atoms with Crippen LogP contribution < -0.4 is 5.73 Å². The summed E-state index contributed by atoms with van der Waals surface area (Å²) in [5.41, 5.74) is 4.65. The smallest absolute Gasteiger partial charge is 0.255 e. The Balaban J connectivity index is 2.88. The molecule has 0 heterocycles. The minimum atomic E-state index is -2.63. The van der Waals surface area contributed by atoms with Gasteiger partial charge in [-0.05, 0) is 12.8 Å². The van der Waals surface area contributed by atoms with Crippen LogP contribution in [0.3, 0.4) is 0 Å². The maximum absolute atomic E-state index is 12.4. The maximum Gasteiger partial charge on any atom is 0.255 e. The molecule has 7 heteroatoms. The van der Waals surface area contributed by atoms with Crippen LogP contribution in [0.2, 0.25) is 0 Å². The molecule has 1 aliphatic carbocycles. The number of alkyl halides is 2. The third-order valence-corrected chi connectivity index (χ3v) is 3.74. The Bertz CT molecular complexity index is 320. The number of thiocarbonyl (C=S) groups is 1. The summed E-state index contributed by atoms with van der Waals surface area (Å²) in [5.74, 6) is -0.471. The van der Waals surface area contributed by atoms with E-state index >= 15 is 0 Å². The number of halogens is 2. The van der Waals surface area contributed by atoms with Crippen LogP contribution in [0.5, 0.6) is 0 Å². The molecule has 1 amide bonds. The summed E-state index contributed by atoms with van der Waals surface area (Å²) in [6, 6.07) is 0. The Kier molecular flexibility index (Phi) is 5.40. The summed E-state index contributed by atoms with van der Waals surface area (Å²) >= 11 is 4.94. The molecule has 0 aromatic carbocycles. The zero-order valence-corrected chi connectivity index (χ0v) is 10.9. The molecule has 0 unspecified atom stereocenters. The normalized spacial score (nSPS) is 18.0. The Labute approximate surface area is 110 Å². The summed E-state index contributed by atoms with van der Waals surface area (Å²) in [5, 5.41) is 8.86. The molecule has 0 radical (unpaired) electrons. The van der Waals surface area contributed by atoms with Crippen LogP contribution >= 0.6 is 12.2 Å². The van der Waals surface area contributed by atoms with Gasteiger partial charge < -0.3 is 15.7 Å². The molecule has 4 nitrogen and oxygen atoms in total. The fourth-order valence-corrected chi connectivity index (χ4v) is 2.70. The Morgan fingerprint density at radius 3 is 2.39 bits per heavy atom. The van der Waals surface area contributed by atoms with Crippen molar-refractivity contribution in [3.8, 4) is 0 Å². The van der Waals surface area contributed by atoms with Crippen LogP contribution in [0.25, 0.3) is 0 Å². The summed E-state index contributed by atoms with van der Waals surface area (Å²) in [7, 11) is 0. The fraction of sp³-hybridized carbons (Fsp3) is 0.818. The molecule has 0 bridgehead atoms. The van der Waals surface area contributed by atoms with Gasteiger partial charge in [0.2, 0.25) is 5.91 Å². The largest absolute Gasteiger partial charge is 0.395 e. The number of hydrogen-bond acceptors (Lipinski definition) is 3. The molecule has 0 atom stereocenters. The van der Waals surface area contributed by atoms with Crippen LogP contribution in [0, 0.1) is 5.41 Å². The van der Waals surface area contributed by atoms with Gasteiger partial charge in [-0.15, -0.1) is 0 Å². The van der Waals surface area contributed by atoms with Gasteiger partial charge in [0.1, 0.15) is 0 Å². The summed E-state index contributed by atoms with van der Waals surface area (Å²) in [6.45, 7) is -1.16. The number of aliphatic hydroxyl groups excluding tert-OH is 1. The molecule has 0 aliphatic heterocycles. The van der Waals surface area contributed by atoms with Crippen molar-refractivity contribution in [2.75, 3.05) is 19.7 Å². The van der Waals surface area contributed by atoms with Crippen molar-refractivity contribution in [1.82, 2.24) is 4.90 Å². The van der Waals surface area contributed by atoms with Crippen molar-refractivity contribution in [2.24, 2.45) is 11.1 Å². The third-order valence-electron chi connectivity index (χ3n) is 3.35. The molecule has 0 aromatic rings. The zero-order valence-electron chi connectivity index (χ0n) is 10.1. The van der Waals surface area contributed by atoms with Crippen molar-refractivity contribution in [2.45, 2.75) is 32.1 Å². The average Bonchev–Trinajstić information content (AvgIpc) is 2.77. The first-order chi connectivity index (χ1) is 8.44. The predicted octanol–water partition coefficient (Wildman–Crippen LogP) is 0.919. The molecule has 1 saturated carbocycles. The summed E-state index contributed by atoms with van der Waals surface area (Å²) in [4.78, 5) is 13.4. The van der Waals surface area contributed by atoms with Crippen molar-refractivity contribution < 1.29 is 18.7 Å². The van der Waals surface area contributed by atoms with Crippen LogP contribution in [0.1, 0.15) is 25.7 Å². The number of aliphatic hydroxyl groups is 1. The van der Waals surface area contributed by atoms with Gasteiger partial charge >= 0.3 is 0 Å². The Hall–Kier alpha value is -0.820. The van der Waals surface area contributed by atoms with E-state index in [-0.39, 0.29) is 18.1 Å². The van der Waals surface area contributed by atoms with Crippen molar-refractivity contribution in [3.05, 3.63) is 0 Å². The standard InChI is InChI=1S/C11H18F2N2O2S/c12-8(13)7-15(5-6-16)10(17)11(9(14)18)3-1-2-4-11/h8,16H,1-7H2,(H2,14,18). The lowest BCUT2D eigenvalue weighted by atomic mass is 9.84. The van der Waals surface area contributed by atoms with Crippen LogP contribution in [-0.4, -0.2) is 47.0 Å². The second kappa shape index (κ2) is 6.38. The molecule has 0 spiro atoms. The molecule has 1 fully saturated rings. The van der Waals surface area contributed by atoms with Crippen molar-refractivity contribution >= 4 is 23.1 Å². The monoisotopic (exact) mass is 280 g/mol. The van der Waals surface area contributed by atoms with Gasteiger partial charge in [0.15, 0.2) is 0 Å². The zero-order chi connectivity index (χ0) is 13.8. The van der Waals surface area contributed by atoms with Crippen LogP contribution in [0.15, 0.2) is 0 Å². The minimum absolute atomic E-state index is 0.0715. The van der Waals surface area contributed by atoms with Crippen LogP contribution in [0.4, 0.5) is 8.78 Å². The number of carbonyl (C=O) groups excluding carboxylic acids is 1. The Morgan fingerprint density at radius 2 is 2.00 bits per heavy atom. The highest BCUT2D eigenvalue weighted by atomic mass is 32.1. The quantitative estimate of drug-likeness (QED) is 0.710. The Morgan fingerprint density at radius 1 is 1.44 bits per heavy atom. The second-order valence-electron chi connectivity index (χ2n) is 4.52. The lowest BCUT2D eigenvalue weighted by Gasteiger charge is -2.33. The maximum atomic E-state index is 12.4. The van der Waals surface area contributed by atoms with Gasteiger partial charge in [-0.2, -0.15) is 0 Å². The van der Waals surface area contributed by atoms with Crippen molar-refractivity contribution in [3.63, 3.8) is 0 Å². The number of hydrogen-bond donors (Lipinski definition) is 2. The lowest BCUT2D eigenvalue weighted by Crippen LogP contribution is -2.51. The first kappa shape index (κ1) is 15.2. The van der Waals surface area contributed by atoms with E-state index in [4.69, 9.17) is 23.1 Å². The second-order valence-corrected chi connectivity index (χ2v) is 4.96. The highest BCUT2D eigenvalue weighted by Gasteiger charge is 2.46. The number of amides is 1. The van der Waals surface area contributed by atoms with Gasteiger partial charge in [-0.1, -0.05) is 25.1 Å². The molecule has 18 heavy (non-hydrogen) atoms. The first-order valence-electron chi connectivity index (χ1n) is 5.92. The van der Waals surface area contributed by atoms with E-state index in [1.165, 1.54) is 0 Å². The van der Waals surface area contributed by atoms with Gasteiger partial charge in [0, 0.05) is 6.54 Å². The van der Waals surface area contributed by atoms with Crippen LogP contribution in [-0.2, 0) is 4.79 Å². The fourth-order valence-electron chi connectivity index (χ4n) is 2.41. The van der Waals surface area contributed by atoms with E-state index in [9.17, 15) is 13.6 Å². The number of carbonyl (C=O) groups is 1. The van der Waals surface area contributed by atoms with Gasteiger partial charge in [-0.3, -0.25) is 4.79 Å². The topological polar surface area (TPSA) is 66.6 Å². The van der Waals surface area contributed by atoms with E-state index in [0.29, 0.717) is 12.8 Å². The van der Waals surface area contributed by atoms with Gasteiger partial charge in [0.25, 0.3) is 6.43 Å². The number of nitrogens with two attached hydrogens (primary N) is 1. The molecular formula is C11H18F2N2O2S. The van der Waals surface area contributed by atoms with E-state index < -0.39 is 24.3 Å². The van der Waals surface area contributed by atoms with E-state index in [1.807, 2.05) is 0 Å². The SMILES string of the molecule is NC(=S)C1(C(=O)N(CCO)CC(F)F)CCCC1. The van der Waals surface area contributed by atoms with E-state index in [1.54, 1.807) is 0 Å². The molecule has 104 valence electrons. The van der Waals surface area contributed by atoms with Gasteiger partial charge in [-0.25, -0.2) is 8.78 Å². The third kappa shape index (κ3) is 3.14. The lowest BCUT2D eigenvalue weighted by molar-refractivity contribution is -0.140. The molecule has 0 saturated heterocycles. The molecule has 1 rings (SSSR count).